The summed E-state index contributed by atoms with van der Waals surface area (Å²) in [5.74, 6) is -1.20. The summed E-state index contributed by atoms with van der Waals surface area (Å²) in [6.07, 6.45) is -2.36. The molecule has 1 rings (SSSR count). The van der Waals surface area contributed by atoms with Gasteiger partial charge >= 0.3 is 6.43 Å². The van der Waals surface area contributed by atoms with Crippen molar-refractivity contribution in [1.29, 1.82) is 0 Å². The molecule has 0 radical (unpaired) electrons. The van der Waals surface area contributed by atoms with Crippen LogP contribution < -0.4 is 11.1 Å². The summed E-state index contributed by atoms with van der Waals surface area (Å²) in [5.41, 5.74) is 5.39. The number of amides is 1. The third-order valence-corrected chi connectivity index (χ3v) is 2.86. The van der Waals surface area contributed by atoms with Gasteiger partial charge in [-0.1, -0.05) is 13.8 Å². The van der Waals surface area contributed by atoms with Crippen LogP contribution in [0.2, 0.25) is 0 Å². The molecular formula is C8H14F2N2O. The number of nitrogens with two attached hydrogens (primary N) is 1. The van der Waals surface area contributed by atoms with Crippen LogP contribution in [-0.4, -0.2) is 24.4 Å². The van der Waals surface area contributed by atoms with Crippen molar-refractivity contribution >= 4 is 5.91 Å². The van der Waals surface area contributed by atoms with E-state index in [9.17, 15) is 13.6 Å². The zero-order valence-corrected chi connectivity index (χ0v) is 7.68. The van der Waals surface area contributed by atoms with Gasteiger partial charge in [-0.05, 0) is 6.42 Å². The Morgan fingerprint density at radius 1 is 1.62 bits per heavy atom. The Labute approximate surface area is 75.7 Å². The summed E-state index contributed by atoms with van der Waals surface area (Å²) >= 11 is 0. The summed E-state index contributed by atoms with van der Waals surface area (Å²) < 4.78 is 23.7. The van der Waals surface area contributed by atoms with Gasteiger partial charge in [-0.15, -0.1) is 0 Å². The SMILES string of the molecule is CC1(C)C(N)CC1NC(=O)C(F)F. The van der Waals surface area contributed by atoms with Gasteiger partial charge in [0.25, 0.3) is 5.91 Å². The van der Waals surface area contributed by atoms with Gasteiger partial charge in [0.15, 0.2) is 0 Å². The summed E-state index contributed by atoms with van der Waals surface area (Å²) in [6, 6.07) is -0.237. The van der Waals surface area contributed by atoms with Gasteiger partial charge in [-0.2, -0.15) is 8.78 Å². The highest BCUT2D eigenvalue weighted by Gasteiger charge is 2.47. The minimum Gasteiger partial charge on any atom is -0.348 e. The molecule has 0 bridgehead atoms. The van der Waals surface area contributed by atoms with Crippen molar-refractivity contribution in [3.05, 3.63) is 0 Å². The van der Waals surface area contributed by atoms with E-state index in [1.54, 1.807) is 0 Å². The number of hydrogen-bond donors (Lipinski definition) is 2. The van der Waals surface area contributed by atoms with Crippen molar-refractivity contribution in [2.24, 2.45) is 11.1 Å². The molecule has 0 aromatic rings. The van der Waals surface area contributed by atoms with Crippen LogP contribution >= 0.6 is 0 Å². The number of hydrogen-bond acceptors (Lipinski definition) is 2. The Balaban J connectivity index is 2.45. The number of carbonyl (C=O) groups is 1. The largest absolute Gasteiger partial charge is 0.348 e. The molecule has 0 aromatic carbocycles. The molecule has 0 aromatic heterocycles. The minimum absolute atomic E-state index is 0.0181. The lowest BCUT2D eigenvalue weighted by Gasteiger charge is -2.50. The van der Waals surface area contributed by atoms with Crippen molar-refractivity contribution in [3.8, 4) is 0 Å². The first-order valence-electron chi connectivity index (χ1n) is 4.20. The minimum atomic E-state index is -2.94. The number of carbonyl (C=O) groups excluding carboxylic acids is 1. The topological polar surface area (TPSA) is 55.1 Å². The van der Waals surface area contributed by atoms with Crippen LogP contribution in [0.15, 0.2) is 0 Å². The quantitative estimate of drug-likeness (QED) is 0.669. The number of halogens is 2. The molecule has 0 spiro atoms. The van der Waals surface area contributed by atoms with Crippen molar-refractivity contribution in [3.63, 3.8) is 0 Å². The third kappa shape index (κ3) is 1.80. The Morgan fingerprint density at radius 2 is 2.15 bits per heavy atom. The lowest BCUT2D eigenvalue weighted by molar-refractivity contribution is -0.135. The number of alkyl halides is 2. The maximum Gasteiger partial charge on any atom is 0.315 e. The molecule has 5 heteroatoms. The van der Waals surface area contributed by atoms with E-state index in [1.165, 1.54) is 0 Å². The lowest BCUT2D eigenvalue weighted by Crippen LogP contribution is -2.65. The molecule has 0 heterocycles. The van der Waals surface area contributed by atoms with Gasteiger partial charge in [-0.25, -0.2) is 0 Å². The van der Waals surface area contributed by atoms with Crippen LogP contribution in [0.4, 0.5) is 8.78 Å². The number of nitrogens with one attached hydrogen (secondary N) is 1. The predicted molar refractivity (Wildman–Crippen MR) is 44.3 cm³/mol. The third-order valence-electron chi connectivity index (χ3n) is 2.86. The van der Waals surface area contributed by atoms with Gasteiger partial charge in [-0.3, -0.25) is 4.79 Å². The van der Waals surface area contributed by atoms with E-state index in [-0.39, 0.29) is 17.5 Å². The first-order chi connectivity index (χ1) is 5.85. The summed E-state index contributed by atoms with van der Waals surface area (Å²) in [7, 11) is 0. The Hall–Kier alpha value is -0.710. The van der Waals surface area contributed by atoms with Crippen LogP contribution in [0.3, 0.4) is 0 Å². The monoisotopic (exact) mass is 192 g/mol. The highest BCUT2D eigenvalue weighted by Crippen LogP contribution is 2.38. The molecular weight excluding hydrogens is 178 g/mol. The Bertz CT molecular complexity index is 218. The molecule has 0 aliphatic heterocycles. The molecule has 13 heavy (non-hydrogen) atoms. The zero-order valence-electron chi connectivity index (χ0n) is 7.68. The first-order valence-corrected chi connectivity index (χ1v) is 4.20. The maximum absolute atomic E-state index is 11.9. The Kier molecular flexibility index (Phi) is 2.56. The van der Waals surface area contributed by atoms with Gasteiger partial charge in [0.1, 0.15) is 0 Å². The van der Waals surface area contributed by atoms with Crippen molar-refractivity contribution in [1.82, 2.24) is 5.32 Å². The fourth-order valence-electron chi connectivity index (χ4n) is 1.44. The van der Waals surface area contributed by atoms with E-state index in [4.69, 9.17) is 5.73 Å². The average Bonchev–Trinajstić information content (AvgIpc) is 2.03. The van der Waals surface area contributed by atoms with E-state index in [1.807, 2.05) is 13.8 Å². The number of rotatable bonds is 2. The normalized spacial score (nSPS) is 31.2. The van der Waals surface area contributed by atoms with E-state index >= 15 is 0 Å². The highest BCUT2D eigenvalue weighted by atomic mass is 19.3. The predicted octanol–water partition coefficient (Wildman–Crippen LogP) is 0.493. The van der Waals surface area contributed by atoms with Crippen molar-refractivity contribution in [2.45, 2.75) is 38.8 Å². The first kappa shape index (κ1) is 10.4. The van der Waals surface area contributed by atoms with E-state index in [2.05, 4.69) is 5.32 Å². The second kappa shape index (κ2) is 3.21. The van der Waals surface area contributed by atoms with Crippen LogP contribution in [0.5, 0.6) is 0 Å². The van der Waals surface area contributed by atoms with Gasteiger partial charge in [0.2, 0.25) is 0 Å². The van der Waals surface area contributed by atoms with Gasteiger partial charge in [0.05, 0.1) is 0 Å². The fraction of sp³-hybridized carbons (Fsp3) is 0.875. The molecule has 3 nitrogen and oxygen atoms in total. The highest BCUT2D eigenvalue weighted by molar-refractivity contribution is 5.79. The second-order valence-corrected chi connectivity index (χ2v) is 4.03. The Morgan fingerprint density at radius 3 is 2.46 bits per heavy atom. The van der Waals surface area contributed by atoms with E-state index in [0.717, 1.165) is 0 Å². The fourth-order valence-corrected chi connectivity index (χ4v) is 1.44. The zero-order chi connectivity index (χ0) is 10.2. The summed E-state index contributed by atoms with van der Waals surface area (Å²) in [6.45, 7) is 3.72. The van der Waals surface area contributed by atoms with Crippen LogP contribution in [0.1, 0.15) is 20.3 Å². The molecule has 1 amide bonds. The lowest BCUT2D eigenvalue weighted by atomic mass is 9.63. The van der Waals surface area contributed by atoms with Crippen molar-refractivity contribution < 1.29 is 13.6 Å². The van der Waals surface area contributed by atoms with Gasteiger partial charge in [0, 0.05) is 17.5 Å². The molecule has 76 valence electrons. The maximum atomic E-state index is 11.9. The summed E-state index contributed by atoms with van der Waals surface area (Å²) in [4.78, 5) is 10.6. The second-order valence-electron chi connectivity index (χ2n) is 4.03. The molecule has 1 aliphatic carbocycles. The molecule has 2 unspecified atom stereocenters. The van der Waals surface area contributed by atoms with Crippen LogP contribution in [0, 0.1) is 5.41 Å². The molecule has 2 atom stereocenters. The molecule has 1 saturated carbocycles. The van der Waals surface area contributed by atoms with Crippen LogP contribution in [0.25, 0.3) is 0 Å². The van der Waals surface area contributed by atoms with Gasteiger partial charge < -0.3 is 11.1 Å². The van der Waals surface area contributed by atoms with E-state index < -0.39 is 12.3 Å². The van der Waals surface area contributed by atoms with E-state index in [0.29, 0.717) is 6.42 Å². The van der Waals surface area contributed by atoms with Crippen molar-refractivity contribution in [2.75, 3.05) is 0 Å². The molecule has 1 fully saturated rings. The summed E-state index contributed by atoms with van der Waals surface area (Å²) in [5, 5.41) is 2.27. The standard InChI is InChI=1S/C8H14F2N2O/c1-8(2)4(11)3-5(8)12-7(13)6(9)10/h4-6H,3,11H2,1-2H3,(H,12,13). The molecule has 1 aliphatic rings. The smallest absolute Gasteiger partial charge is 0.315 e. The molecule has 3 N–H and O–H groups in total. The van der Waals surface area contributed by atoms with Crippen LogP contribution in [-0.2, 0) is 4.79 Å². The average molecular weight is 192 g/mol. The molecule has 0 saturated heterocycles.